The largest absolute Gasteiger partial charge is 0.309 e. The quantitative estimate of drug-likeness (QED) is 0.775. The van der Waals surface area contributed by atoms with Gasteiger partial charge < -0.3 is 5.32 Å². The fourth-order valence-corrected chi connectivity index (χ4v) is 5.32. The molecule has 1 aliphatic heterocycles. The van der Waals surface area contributed by atoms with Gasteiger partial charge in [-0.3, -0.25) is 0 Å². The van der Waals surface area contributed by atoms with Gasteiger partial charge in [0.15, 0.2) is 9.84 Å². The zero-order chi connectivity index (χ0) is 12.9. The maximum atomic E-state index is 13.2. The van der Waals surface area contributed by atoms with Gasteiger partial charge in [0.1, 0.15) is 5.82 Å². The van der Waals surface area contributed by atoms with Crippen LogP contribution in [-0.2, 0) is 16.3 Å². The highest BCUT2D eigenvalue weighted by atomic mass is 32.2. The number of benzene rings is 1. The molecular weight excluding hydrogens is 253 g/mol. The van der Waals surface area contributed by atoms with Crippen molar-refractivity contribution in [2.45, 2.75) is 24.6 Å². The Morgan fingerprint density at radius 1 is 1.39 bits per heavy atom. The molecule has 18 heavy (non-hydrogen) atoms. The lowest BCUT2D eigenvalue weighted by Gasteiger charge is -2.17. The van der Waals surface area contributed by atoms with Gasteiger partial charge in [-0.15, -0.1) is 0 Å². The molecule has 2 aliphatic rings. The molecule has 0 spiro atoms. The number of rotatable bonds is 0. The molecule has 5 heteroatoms. The Kier molecular flexibility index (Phi) is 2.71. The van der Waals surface area contributed by atoms with Crippen LogP contribution in [0.2, 0.25) is 0 Å². The van der Waals surface area contributed by atoms with E-state index in [2.05, 4.69) is 5.32 Å². The fraction of sp³-hybridized carbons (Fsp3) is 0.538. The first-order valence-electron chi connectivity index (χ1n) is 6.20. The zero-order valence-electron chi connectivity index (χ0n) is 10.2. The average Bonchev–Trinajstić information content (AvgIpc) is 2.59. The number of hydrogen-bond donors (Lipinski definition) is 1. The van der Waals surface area contributed by atoms with Crippen LogP contribution in [0.5, 0.6) is 0 Å². The van der Waals surface area contributed by atoms with Gasteiger partial charge in [-0.1, -0.05) is 13.0 Å². The lowest BCUT2D eigenvalue weighted by Crippen LogP contribution is -2.32. The topological polar surface area (TPSA) is 46.2 Å². The van der Waals surface area contributed by atoms with E-state index in [1.165, 1.54) is 12.1 Å². The van der Waals surface area contributed by atoms with Crippen molar-refractivity contribution < 1.29 is 12.8 Å². The normalized spacial score (nSPS) is 33.6. The smallest absolute Gasteiger partial charge is 0.155 e. The molecule has 1 N–H and O–H groups in total. The summed E-state index contributed by atoms with van der Waals surface area (Å²) in [6.45, 7) is 2.63. The SMILES string of the molecule is CC1CNC2c3ccc(F)cc3CC2S(=O)(=O)C1. The van der Waals surface area contributed by atoms with E-state index in [-0.39, 0.29) is 23.5 Å². The second-order valence-corrected chi connectivity index (χ2v) is 7.67. The van der Waals surface area contributed by atoms with E-state index in [4.69, 9.17) is 0 Å². The van der Waals surface area contributed by atoms with Crippen molar-refractivity contribution in [3.63, 3.8) is 0 Å². The first kappa shape index (κ1) is 12.1. The summed E-state index contributed by atoms with van der Waals surface area (Å²) >= 11 is 0. The van der Waals surface area contributed by atoms with Gasteiger partial charge in [0.25, 0.3) is 0 Å². The minimum atomic E-state index is -3.11. The molecule has 1 fully saturated rings. The molecule has 0 saturated carbocycles. The van der Waals surface area contributed by atoms with Crippen LogP contribution in [0.25, 0.3) is 0 Å². The Balaban J connectivity index is 2.06. The summed E-state index contributed by atoms with van der Waals surface area (Å²) in [6.07, 6.45) is 0.430. The summed E-state index contributed by atoms with van der Waals surface area (Å²) in [6, 6.07) is 4.41. The minimum Gasteiger partial charge on any atom is -0.309 e. The second kappa shape index (κ2) is 4.03. The van der Waals surface area contributed by atoms with Crippen molar-refractivity contribution in [1.29, 1.82) is 0 Å². The maximum Gasteiger partial charge on any atom is 0.155 e. The summed E-state index contributed by atoms with van der Waals surface area (Å²) in [4.78, 5) is 0. The van der Waals surface area contributed by atoms with E-state index in [1.807, 2.05) is 6.92 Å². The molecule has 0 radical (unpaired) electrons. The number of fused-ring (bicyclic) bond motifs is 3. The van der Waals surface area contributed by atoms with E-state index < -0.39 is 15.1 Å². The zero-order valence-corrected chi connectivity index (χ0v) is 11.0. The predicted octanol–water partition coefficient (Wildman–Crippen LogP) is 1.45. The molecule has 98 valence electrons. The van der Waals surface area contributed by atoms with Crippen molar-refractivity contribution in [3.8, 4) is 0 Å². The van der Waals surface area contributed by atoms with E-state index in [1.54, 1.807) is 6.07 Å². The Hall–Kier alpha value is -0.940. The number of nitrogens with one attached hydrogen (secondary N) is 1. The highest BCUT2D eigenvalue weighted by Gasteiger charge is 2.43. The summed E-state index contributed by atoms with van der Waals surface area (Å²) in [5.41, 5.74) is 1.77. The molecule has 3 nitrogen and oxygen atoms in total. The summed E-state index contributed by atoms with van der Waals surface area (Å²) in [7, 11) is -3.11. The van der Waals surface area contributed by atoms with Gasteiger partial charge >= 0.3 is 0 Å². The summed E-state index contributed by atoms with van der Waals surface area (Å²) in [5.74, 6) is 0.0537. The van der Waals surface area contributed by atoms with Crippen molar-refractivity contribution in [2.24, 2.45) is 5.92 Å². The van der Waals surface area contributed by atoms with Crippen molar-refractivity contribution in [2.75, 3.05) is 12.3 Å². The van der Waals surface area contributed by atoms with Crippen LogP contribution < -0.4 is 5.32 Å². The molecule has 1 heterocycles. The van der Waals surface area contributed by atoms with Crippen LogP contribution in [0, 0.1) is 11.7 Å². The van der Waals surface area contributed by atoms with E-state index in [0.717, 1.165) is 11.1 Å². The van der Waals surface area contributed by atoms with Crippen LogP contribution in [-0.4, -0.2) is 26.0 Å². The van der Waals surface area contributed by atoms with Gasteiger partial charge in [0.05, 0.1) is 11.0 Å². The Morgan fingerprint density at radius 2 is 2.17 bits per heavy atom. The maximum absolute atomic E-state index is 13.2. The van der Waals surface area contributed by atoms with Gasteiger partial charge in [-0.05, 0) is 42.1 Å². The van der Waals surface area contributed by atoms with Crippen molar-refractivity contribution in [3.05, 3.63) is 35.1 Å². The third-order valence-corrected chi connectivity index (χ3v) is 6.29. The predicted molar refractivity (Wildman–Crippen MR) is 67.6 cm³/mol. The molecule has 0 amide bonds. The second-order valence-electron chi connectivity index (χ2n) is 5.41. The molecule has 1 aromatic carbocycles. The first-order valence-corrected chi connectivity index (χ1v) is 7.92. The van der Waals surface area contributed by atoms with Gasteiger partial charge in [-0.2, -0.15) is 0 Å². The molecule has 3 unspecified atom stereocenters. The number of hydrogen-bond acceptors (Lipinski definition) is 3. The van der Waals surface area contributed by atoms with Crippen LogP contribution >= 0.6 is 0 Å². The standard InChI is InChI=1S/C13H16FNO2S/c1-8-6-15-13-11-3-2-10(14)4-9(11)5-12(13)18(16,17)7-8/h2-4,8,12-13,15H,5-7H2,1H3. The summed E-state index contributed by atoms with van der Waals surface area (Å²) in [5, 5.41) is 2.89. The Labute approximate surface area is 106 Å². The number of sulfone groups is 1. The van der Waals surface area contributed by atoms with E-state index in [9.17, 15) is 12.8 Å². The molecule has 1 saturated heterocycles. The highest BCUT2D eigenvalue weighted by Crippen LogP contribution is 2.38. The lowest BCUT2D eigenvalue weighted by atomic mass is 10.1. The van der Waals surface area contributed by atoms with E-state index >= 15 is 0 Å². The highest BCUT2D eigenvalue weighted by molar-refractivity contribution is 7.92. The van der Waals surface area contributed by atoms with Gasteiger partial charge in [-0.25, -0.2) is 12.8 Å². The van der Waals surface area contributed by atoms with E-state index in [0.29, 0.717) is 13.0 Å². The van der Waals surface area contributed by atoms with Crippen LogP contribution in [0.4, 0.5) is 4.39 Å². The third kappa shape index (κ3) is 1.86. The monoisotopic (exact) mass is 269 g/mol. The Bertz CT molecular complexity index is 585. The van der Waals surface area contributed by atoms with Crippen LogP contribution in [0.3, 0.4) is 0 Å². The van der Waals surface area contributed by atoms with Crippen LogP contribution in [0.1, 0.15) is 24.1 Å². The van der Waals surface area contributed by atoms with Crippen LogP contribution in [0.15, 0.2) is 18.2 Å². The Morgan fingerprint density at radius 3 is 2.94 bits per heavy atom. The molecular formula is C13H16FNO2S. The van der Waals surface area contributed by atoms with Crippen molar-refractivity contribution >= 4 is 9.84 Å². The fourth-order valence-electron chi connectivity index (χ4n) is 3.07. The molecule has 0 aromatic heterocycles. The molecule has 0 bridgehead atoms. The molecule has 1 aromatic rings. The van der Waals surface area contributed by atoms with Gasteiger partial charge in [0, 0.05) is 6.04 Å². The molecule has 3 atom stereocenters. The lowest BCUT2D eigenvalue weighted by molar-refractivity contribution is 0.495. The number of halogens is 1. The minimum absolute atomic E-state index is 0.129. The third-order valence-electron chi connectivity index (χ3n) is 3.90. The van der Waals surface area contributed by atoms with Crippen molar-refractivity contribution in [1.82, 2.24) is 5.32 Å². The summed E-state index contributed by atoms with van der Waals surface area (Å²) < 4.78 is 37.8. The first-order chi connectivity index (χ1) is 8.47. The average molecular weight is 269 g/mol. The van der Waals surface area contributed by atoms with Gasteiger partial charge in [0.2, 0.25) is 0 Å². The molecule has 3 rings (SSSR count). The molecule has 1 aliphatic carbocycles.